The lowest BCUT2D eigenvalue weighted by Crippen LogP contribution is -2.03. The maximum Gasteiger partial charge on any atom is 0.341 e. The van der Waals surface area contributed by atoms with Crippen LogP contribution < -0.4 is 0 Å². The van der Waals surface area contributed by atoms with Gasteiger partial charge in [-0.3, -0.25) is 0 Å². The summed E-state index contributed by atoms with van der Waals surface area (Å²) in [4.78, 5) is 19.7. The van der Waals surface area contributed by atoms with Crippen LogP contribution in [-0.2, 0) is 11.2 Å². The molecule has 0 unspecified atom stereocenters. The lowest BCUT2D eigenvalue weighted by molar-refractivity contribution is 0.0600. The van der Waals surface area contributed by atoms with Gasteiger partial charge in [0.25, 0.3) is 0 Å². The fourth-order valence-electron chi connectivity index (χ4n) is 1.90. The van der Waals surface area contributed by atoms with E-state index in [9.17, 15) is 4.79 Å². The Morgan fingerprint density at radius 2 is 1.80 bits per heavy atom. The minimum Gasteiger partial charge on any atom is -0.465 e. The highest BCUT2D eigenvalue weighted by Gasteiger charge is 2.07. The number of carbonyl (C=O) groups is 1. The van der Waals surface area contributed by atoms with Gasteiger partial charge in [0.15, 0.2) is 5.82 Å². The third-order valence-electron chi connectivity index (χ3n) is 3.10. The van der Waals surface area contributed by atoms with E-state index in [1.807, 2.05) is 12.1 Å². The van der Waals surface area contributed by atoms with Gasteiger partial charge in [-0.05, 0) is 18.4 Å². The van der Waals surface area contributed by atoms with Crippen molar-refractivity contribution in [2.24, 2.45) is 0 Å². The monoisotopic (exact) mass is 270 g/mol. The van der Waals surface area contributed by atoms with Crippen LogP contribution in [0.5, 0.6) is 0 Å². The Balaban J connectivity index is 2.13. The van der Waals surface area contributed by atoms with Crippen molar-refractivity contribution in [3.8, 4) is 11.4 Å². The Labute approximate surface area is 118 Å². The zero-order valence-electron chi connectivity index (χ0n) is 11.8. The molecule has 20 heavy (non-hydrogen) atoms. The lowest BCUT2D eigenvalue weighted by atomic mass is 10.1. The van der Waals surface area contributed by atoms with Crippen LogP contribution in [-0.4, -0.2) is 23.0 Å². The van der Waals surface area contributed by atoms with Gasteiger partial charge in [0.1, 0.15) is 0 Å². The van der Waals surface area contributed by atoms with Gasteiger partial charge in [-0.2, -0.15) is 0 Å². The smallest absolute Gasteiger partial charge is 0.341 e. The number of ether oxygens (including phenoxy) is 1. The molecule has 0 bridgehead atoms. The average molecular weight is 270 g/mol. The summed E-state index contributed by atoms with van der Waals surface area (Å²) in [7, 11) is 1.34. The predicted octanol–water partition coefficient (Wildman–Crippen LogP) is 3.27. The van der Waals surface area contributed by atoms with E-state index in [1.165, 1.54) is 37.9 Å². The molecule has 0 saturated carbocycles. The molecule has 1 heterocycles. The number of hydrogen-bond donors (Lipinski definition) is 0. The van der Waals surface area contributed by atoms with E-state index in [-0.39, 0.29) is 0 Å². The van der Waals surface area contributed by atoms with Crippen LogP contribution in [0.1, 0.15) is 35.7 Å². The molecule has 0 aliphatic carbocycles. The Bertz CT molecular complexity index is 562. The largest absolute Gasteiger partial charge is 0.465 e. The zero-order chi connectivity index (χ0) is 14.4. The van der Waals surface area contributed by atoms with Gasteiger partial charge in [-0.1, -0.05) is 37.6 Å². The van der Waals surface area contributed by atoms with Crippen LogP contribution in [0.2, 0.25) is 0 Å². The molecular formula is C16H18N2O2. The van der Waals surface area contributed by atoms with Crippen molar-refractivity contribution in [2.45, 2.75) is 26.2 Å². The first kappa shape index (κ1) is 14.2. The molecule has 0 aliphatic heterocycles. The fourth-order valence-corrected chi connectivity index (χ4v) is 1.90. The first-order valence-electron chi connectivity index (χ1n) is 6.74. The second kappa shape index (κ2) is 6.80. The first-order chi connectivity index (χ1) is 9.74. The Morgan fingerprint density at radius 3 is 2.35 bits per heavy atom. The van der Waals surface area contributed by atoms with E-state index in [0.717, 1.165) is 12.0 Å². The number of aryl methyl sites for hydroxylation is 1. The average Bonchev–Trinajstić information content (AvgIpc) is 2.53. The van der Waals surface area contributed by atoms with Crippen molar-refractivity contribution in [1.29, 1.82) is 0 Å². The van der Waals surface area contributed by atoms with E-state index in [4.69, 9.17) is 0 Å². The molecule has 2 rings (SSSR count). The van der Waals surface area contributed by atoms with Gasteiger partial charge < -0.3 is 4.74 Å². The van der Waals surface area contributed by atoms with Gasteiger partial charge >= 0.3 is 5.97 Å². The summed E-state index contributed by atoms with van der Waals surface area (Å²) in [6.45, 7) is 2.19. The normalized spacial score (nSPS) is 10.3. The van der Waals surface area contributed by atoms with Gasteiger partial charge in [0.05, 0.1) is 12.7 Å². The van der Waals surface area contributed by atoms with Gasteiger partial charge in [0, 0.05) is 18.0 Å². The van der Waals surface area contributed by atoms with Crippen LogP contribution in [0.25, 0.3) is 11.4 Å². The summed E-state index contributed by atoms with van der Waals surface area (Å²) in [6, 6.07) is 8.22. The fraction of sp³-hybridized carbons (Fsp3) is 0.312. The number of hydrogen-bond acceptors (Lipinski definition) is 4. The second-order valence-electron chi connectivity index (χ2n) is 4.59. The molecule has 0 N–H and O–H groups in total. The molecule has 4 nitrogen and oxygen atoms in total. The maximum absolute atomic E-state index is 11.3. The summed E-state index contributed by atoms with van der Waals surface area (Å²) in [6.07, 6.45) is 6.46. The van der Waals surface area contributed by atoms with Crippen molar-refractivity contribution in [3.05, 3.63) is 47.8 Å². The molecule has 2 aromatic rings. The highest BCUT2D eigenvalue weighted by Crippen LogP contribution is 2.16. The van der Waals surface area contributed by atoms with Crippen LogP contribution >= 0.6 is 0 Å². The maximum atomic E-state index is 11.3. The third kappa shape index (κ3) is 3.41. The van der Waals surface area contributed by atoms with Crippen molar-refractivity contribution >= 4 is 5.97 Å². The Hall–Kier alpha value is -2.23. The van der Waals surface area contributed by atoms with Gasteiger partial charge in [-0.25, -0.2) is 14.8 Å². The minimum atomic E-state index is -0.425. The number of methoxy groups -OCH3 is 1. The van der Waals surface area contributed by atoms with E-state index < -0.39 is 5.97 Å². The number of rotatable bonds is 5. The molecule has 0 atom stereocenters. The number of unbranched alkanes of at least 4 members (excludes halogenated alkanes) is 1. The molecular weight excluding hydrogens is 252 g/mol. The molecule has 0 aliphatic rings. The standard InChI is InChI=1S/C16H18N2O2/c1-3-4-5-12-6-8-13(9-7-12)15-17-10-14(11-18-15)16(19)20-2/h6-11H,3-5H2,1-2H3. The molecule has 0 spiro atoms. The highest BCUT2D eigenvalue weighted by molar-refractivity contribution is 5.88. The zero-order valence-corrected chi connectivity index (χ0v) is 11.8. The van der Waals surface area contributed by atoms with E-state index in [0.29, 0.717) is 11.4 Å². The van der Waals surface area contributed by atoms with Gasteiger partial charge in [0.2, 0.25) is 0 Å². The number of carbonyl (C=O) groups excluding carboxylic acids is 1. The van der Waals surface area contributed by atoms with Crippen LogP contribution in [0.4, 0.5) is 0 Å². The summed E-state index contributed by atoms with van der Waals surface area (Å²) < 4.78 is 4.62. The SMILES string of the molecule is CCCCc1ccc(-c2ncc(C(=O)OC)cn2)cc1. The topological polar surface area (TPSA) is 52.1 Å². The van der Waals surface area contributed by atoms with Crippen molar-refractivity contribution in [3.63, 3.8) is 0 Å². The number of benzene rings is 1. The number of nitrogens with zero attached hydrogens (tertiary/aromatic N) is 2. The molecule has 1 aromatic heterocycles. The van der Waals surface area contributed by atoms with E-state index >= 15 is 0 Å². The van der Waals surface area contributed by atoms with Crippen molar-refractivity contribution in [2.75, 3.05) is 7.11 Å². The molecule has 0 saturated heterocycles. The highest BCUT2D eigenvalue weighted by atomic mass is 16.5. The molecule has 0 fully saturated rings. The second-order valence-corrected chi connectivity index (χ2v) is 4.59. The summed E-state index contributed by atoms with van der Waals surface area (Å²) in [5, 5.41) is 0. The molecule has 0 amide bonds. The van der Waals surface area contributed by atoms with E-state index in [1.54, 1.807) is 0 Å². The number of esters is 1. The molecule has 0 radical (unpaired) electrons. The van der Waals surface area contributed by atoms with Crippen LogP contribution in [0.15, 0.2) is 36.7 Å². The Kier molecular flexibility index (Phi) is 4.82. The van der Waals surface area contributed by atoms with Crippen LogP contribution in [0.3, 0.4) is 0 Å². The third-order valence-corrected chi connectivity index (χ3v) is 3.10. The number of aromatic nitrogens is 2. The van der Waals surface area contributed by atoms with Crippen molar-refractivity contribution < 1.29 is 9.53 Å². The minimum absolute atomic E-state index is 0.357. The summed E-state index contributed by atoms with van der Waals surface area (Å²) >= 11 is 0. The van der Waals surface area contributed by atoms with Gasteiger partial charge in [-0.15, -0.1) is 0 Å². The summed E-state index contributed by atoms with van der Waals surface area (Å²) in [5.41, 5.74) is 2.62. The predicted molar refractivity (Wildman–Crippen MR) is 77.4 cm³/mol. The molecule has 4 heteroatoms. The molecule has 104 valence electrons. The summed E-state index contributed by atoms with van der Waals surface area (Å²) in [5.74, 6) is 0.186. The van der Waals surface area contributed by atoms with E-state index in [2.05, 4.69) is 33.8 Å². The lowest BCUT2D eigenvalue weighted by Gasteiger charge is -2.04. The van der Waals surface area contributed by atoms with Crippen LogP contribution in [0, 0.1) is 0 Å². The Morgan fingerprint density at radius 1 is 1.15 bits per heavy atom. The van der Waals surface area contributed by atoms with Crippen molar-refractivity contribution in [1.82, 2.24) is 9.97 Å². The first-order valence-corrected chi connectivity index (χ1v) is 6.74. The quantitative estimate of drug-likeness (QED) is 0.782. The molecule has 1 aromatic carbocycles.